The molecule has 0 fully saturated rings. The van der Waals surface area contributed by atoms with E-state index >= 15 is 0 Å². The fourth-order valence-electron chi connectivity index (χ4n) is 1.33. The van der Waals surface area contributed by atoms with Crippen molar-refractivity contribution in [1.82, 2.24) is 9.97 Å². The third kappa shape index (κ3) is 1.44. The Bertz CT molecular complexity index is 438. The fourth-order valence-corrected chi connectivity index (χ4v) is 1.33. The molecule has 0 atom stereocenters. The monoisotopic (exact) mass is 185 g/mol. The Morgan fingerprint density at radius 3 is 2.50 bits per heavy atom. The lowest BCUT2D eigenvalue weighted by molar-refractivity contribution is 1.17. The zero-order chi connectivity index (χ0) is 9.97. The van der Waals surface area contributed by atoms with Gasteiger partial charge in [0, 0.05) is 23.6 Å². The molecule has 0 aliphatic heterocycles. The van der Waals surface area contributed by atoms with Crippen LogP contribution in [0.2, 0.25) is 0 Å². The van der Waals surface area contributed by atoms with Gasteiger partial charge < -0.3 is 5.73 Å². The Hall–Kier alpha value is -1.90. The van der Waals surface area contributed by atoms with E-state index < -0.39 is 0 Å². The number of nitrogens with zero attached hydrogens (tertiary/aromatic N) is 2. The molecule has 0 bridgehead atoms. The lowest BCUT2D eigenvalue weighted by atomic mass is 10.1. The Kier molecular flexibility index (Phi) is 2.14. The van der Waals surface area contributed by atoms with Gasteiger partial charge >= 0.3 is 0 Å². The molecule has 0 radical (unpaired) electrons. The molecule has 14 heavy (non-hydrogen) atoms. The van der Waals surface area contributed by atoms with Crippen molar-refractivity contribution in [1.29, 1.82) is 0 Å². The molecule has 2 aromatic rings. The highest BCUT2D eigenvalue weighted by Crippen LogP contribution is 2.23. The quantitative estimate of drug-likeness (QED) is 0.691. The zero-order valence-electron chi connectivity index (χ0n) is 7.94. The Balaban J connectivity index is 2.58. The van der Waals surface area contributed by atoms with Crippen LogP contribution in [0.25, 0.3) is 11.4 Å². The highest BCUT2D eigenvalue weighted by molar-refractivity contribution is 5.67. The van der Waals surface area contributed by atoms with Crippen molar-refractivity contribution >= 4 is 5.69 Å². The summed E-state index contributed by atoms with van der Waals surface area (Å²) in [7, 11) is 0. The number of rotatable bonds is 1. The molecule has 1 aromatic carbocycles. The van der Waals surface area contributed by atoms with Crippen molar-refractivity contribution in [3.05, 3.63) is 42.2 Å². The van der Waals surface area contributed by atoms with Crippen molar-refractivity contribution < 1.29 is 0 Å². The van der Waals surface area contributed by atoms with Gasteiger partial charge in [-0.3, -0.25) is 0 Å². The van der Waals surface area contributed by atoms with Crippen LogP contribution in [0.3, 0.4) is 0 Å². The van der Waals surface area contributed by atoms with E-state index in [9.17, 15) is 0 Å². The van der Waals surface area contributed by atoms with Crippen LogP contribution in [0.15, 0.2) is 36.7 Å². The average molecular weight is 185 g/mol. The smallest absolute Gasteiger partial charge is 0.159 e. The molecule has 0 amide bonds. The van der Waals surface area contributed by atoms with Crippen LogP contribution >= 0.6 is 0 Å². The third-order valence-corrected chi connectivity index (χ3v) is 2.18. The molecule has 2 N–H and O–H groups in total. The van der Waals surface area contributed by atoms with E-state index in [1.165, 1.54) is 0 Å². The second-order valence-corrected chi connectivity index (χ2v) is 3.09. The molecule has 0 saturated carbocycles. The molecule has 70 valence electrons. The zero-order valence-corrected chi connectivity index (χ0v) is 7.94. The maximum absolute atomic E-state index is 5.80. The molecule has 1 heterocycles. The lowest BCUT2D eigenvalue weighted by Crippen LogP contribution is -1.94. The van der Waals surface area contributed by atoms with Crippen LogP contribution in [0.1, 0.15) is 5.56 Å². The summed E-state index contributed by atoms with van der Waals surface area (Å²) in [6.07, 6.45) is 3.45. The number of aromatic nitrogens is 2. The maximum atomic E-state index is 5.80. The molecule has 0 saturated heterocycles. The predicted molar refractivity (Wildman–Crippen MR) is 56.6 cm³/mol. The van der Waals surface area contributed by atoms with Gasteiger partial charge in [0.2, 0.25) is 0 Å². The number of hydrogen-bond acceptors (Lipinski definition) is 3. The van der Waals surface area contributed by atoms with Gasteiger partial charge in [0.1, 0.15) is 0 Å². The minimum Gasteiger partial charge on any atom is -0.398 e. The Labute approximate surface area is 82.6 Å². The van der Waals surface area contributed by atoms with Crippen LogP contribution < -0.4 is 5.73 Å². The highest BCUT2D eigenvalue weighted by atomic mass is 14.9. The standard InChI is InChI=1S/C11H11N3/c1-8-9(4-2-5-10(8)12)11-13-6-3-7-14-11/h2-7H,12H2,1H3. The molecule has 3 heteroatoms. The van der Waals surface area contributed by atoms with Gasteiger partial charge in [-0.25, -0.2) is 9.97 Å². The average Bonchev–Trinajstić information content (AvgIpc) is 2.23. The van der Waals surface area contributed by atoms with E-state index in [1.807, 2.05) is 25.1 Å². The third-order valence-electron chi connectivity index (χ3n) is 2.18. The summed E-state index contributed by atoms with van der Waals surface area (Å²) in [6.45, 7) is 1.97. The van der Waals surface area contributed by atoms with Gasteiger partial charge in [0.25, 0.3) is 0 Å². The van der Waals surface area contributed by atoms with Gasteiger partial charge in [0.05, 0.1) is 0 Å². The summed E-state index contributed by atoms with van der Waals surface area (Å²) < 4.78 is 0. The predicted octanol–water partition coefficient (Wildman–Crippen LogP) is 2.03. The van der Waals surface area contributed by atoms with Gasteiger partial charge in [-0.1, -0.05) is 12.1 Å². The van der Waals surface area contributed by atoms with E-state index in [2.05, 4.69) is 9.97 Å². The van der Waals surface area contributed by atoms with Gasteiger partial charge in [-0.05, 0) is 24.6 Å². The fraction of sp³-hybridized carbons (Fsp3) is 0.0909. The van der Waals surface area contributed by atoms with E-state index in [-0.39, 0.29) is 0 Å². The van der Waals surface area contributed by atoms with Gasteiger partial charge in [0.15, 0.2) is 5.82 Å². The van der Waals surface area contributed by atoms with Crippen molar-refractivity contribution in [2.45, 2.75) is 6.92 Å². The first-order valence-electron chi connectivity index (χ1n) is 4.41. The number of hydrogen-bond donors (Lipinski definition) is 1. The number of benzene rings is 1. The molecule has 0 spiro atoms. The van der Waals surface area contributed by atoms with Crippen molar-refractivity contribution in [2.24, 2.45) is 0 Å². The molecular formula is C11H11N3. The van der Waals surface area contributed by atoms with E-state index in [0.29, 0.717) is 0 Å². The largest absolute Gasteiger partial charge is 0.398 e. The molecule has 0 aliphatic rings. The van der Waals surface area contributed by atoms with Crippen LogP contribution in [-0.4, -0.2) is 9.97 Å². The molecule has 2 rings (SSSR count). The SMILES string of the molecule is Cc1c(N)cccc1-c1ncccn1. The van der Waals surface area contributed by atoms with Crippen molar-refractivity contribution in [3.63, 3.8) is 0 Å². The number of nitrogens with two attached hydrogens (primary N) is 1. The van der Waals surface area contributed by atoms with Crippen LogP contribution in [0.4, 0.5) is 5.69 Å². The van der Waals surface area contributed by atoms with Crippen molar-refractivity contribution in [3.8, 4) is 11.4 Å². The van der Waals surface area contributed by atoms with E-state index in [0.717, 1.165) is 22.6 Å². The first-order chi connectivity index (χ1) is 6.79. The van der Waals surface area contributed by atoms with Crippen LogP contribution in [0, 0.1) is 6.92 Å². The van der Waals surface area contributed by atoms with Crippen molar-refractivity contribution in [2.75, 3.05) is 5.73 Å². The van der Waals surface area contributed by atoms with Gasteiger partial charge in [-0.2, -0.15) is 0 Å². The normalized spacial score (nSPS) is 10.1. The first-order valence-corrected chi connectivity index (χ1v) is 4.41. The molecule has 1 aromatic heterocycles. The topological polar surface area (TPSA) is 51.8 Å². The second-order valence-electron chi connectivity index (χ2n) is 3.09. The minimum absolute atomic E-state index is 0.720. The first kappa shape index (κ1) is 8.69. The molecular weight excluding hydrogens is 174 g/mol. The molecule has 0 aliphatic carbocycles. The second kappa shape index (κ2) is 3.46. The summed E-state index contributed by atoms with van der Waals surface area (Å²) in [5.74, 6) is 0.720. The maximum Gasteiger partial charge on any atom is 0.159 e. The van der Waals surface area contributed by atoms with E-state index in [1.54, 1.807) is 18.5 Å². The number of anilines is 1. The highest BCUT2D eigenvalue weighted by Gasteiger charge is 2.04. The summed E-state index contributed by atoms with van der Waals surface area (Å²) in [5, 5.41) is 0. The molecule has 0 unspecified atom stereocenters. The summed E-state index contributed by atoms with van der Waals surface area (Å²) >= 11 is 0. The Morgan fingerprint density at radius 2 is 1.79 bits per heavy atom. The molecule has 3 nitrogen and oxygen atoms in total. The van der Waals surface area contributed by atoms with E-state index in [4.69, 9.17) is 5.73 Å². The minimum atomic E-state index is 0.720. The summed E-state index contributed by atoms with van der Waals surface area (Å²) in [4.78, 5) is 8.37. The summed E-state index contributed by atoms with van der Waals surface area (Å²) in [6, 6.07) is 7.56. The van der Waals surface area contributed by atoms with Crippen LogP contribution in [-0.2, 0) is 0 Å². The lowest BCUT2D eigenvalue weighted by Gasteiger charge is -2.05. The van der Waals surface area contributed by atoms with Crippen LogP contribution in [0.5, 0.6) is 0 Å². The van der Waals surface area contributed by atoms with Gasteiger partial charge in [-0.15, -0.1) is 0 Å². The summed E-state index contributed by atoms with van der Waals surface area (Å²) in [5.41, 5.74) is 8.59. The number of nitrogen functional groups attached to an aromatic ring is 1. The Morgan fingerprint density at radius 1 is 1.07 bits per heavy atom.